The molecular formula is C32H54O5. The molecule has 0 heterocycles. The van der Waals surface area contributed by atoms with Gasteiger partial charge in [0.05, 0.1) is 11.7 Å². The Bertz CT molecular complexity index is 808. The summed E-state index contributed by atoms with van der Waals surface area (Å²) in [5.74, 6) is 1.99. The zero-order valence-corrected chi connectivity index (χ0v) is 23.9. The maximum absolute atomic E-state index is 10.8. The van der Waals surface area contributed by atoms with Crippen LogP contribution in [0.5, 0.6) is 0 Å². The van der Waals surface area contributed by atoms with Crippen LogP contribution >= 0.6 is 0 Å². The molecule has 5 heteroatoms. The van der Waals surface area contributed by atoms with E-state index in [-0.39, 0.29) is 6.61 Å². The Morgan fingerprint density at radius 2 is 1.89 bits per heavy atom. The van der Waals surface area contributed by atoms with Gasteiger partial charge < -0.3 is 25.2 Å². The molecule has 7 atom stereocenters. The fourth-order valence-electron chi connectivity index (χ4n) is 7.54. The molecule has 0 aromatic carbocycles. The molecule has 5 nitrogen and oxygen atoms in total. The van der Waals surface area contributed by atoms with Crippen LogP contribution in [0.25, 0.3) is 0 Å². The standard InChI is InChI=1S/C32H54O5/c1-22(11-9-17-31(3,4)36)26-15-16-27-24(12-10-18-32(26,27)5)13-14-25-21-28(34)30(29(35)23(25)2)37-20-8-6-7-19-33/h13-14,22,26-30,33-36H,2,6-12,15-21H2,1,3-5H3/t22-,26-,27+,28-,29-,30-,32-/m1/s1. The fraction of sp³-hybridized carbons (Fsp3) is 0.812. The second kappa shape index (κ2) is 13.4. The van der Waals surface area contributed by atoms with Crippen LogP contribution in [0.2, 0.25) is 0 Å². The van der Waals surface area contributed by atoms with Crippen molar-refractivity contribution in [2.45, 2.75) is 129 Å². The summed E-state index contributed by atoms with van der Waals surface area (Å²) in [7, 11) is 0. The first kappa shape index (κ1) is 30.6. The first-order valence-corrected chi connectivity index (χ1v) is 14.9. The lowest BCUT2D eigenvalue weighted by molar-refractivity contribution is -0.0956. The van der Waals surface area contributed by atoms with E-state index in [1.807, 2.05) is 13.8 Å². The van der Waals surface area contributed by atoms with Gasteiger partial charge in [-0.25, -0.2) is 0 Å². The third-order valence-corrected chi connectivity index (χ3v) is 9.67. The molecule has 212 valence electrons. The Kier molecular flexibility index (Phi) is 11.1. The van der Waals surface area contributed by atoms with Crippen molar-refractivity contribution in [1.82, 2.24) is 0 Å². The zero-order chi connectivity index (χ0) is 27.2. The van der Waals surface area contributed by atoms with Crippen molar-refractivity contribution in [3.8, 4) is 0 Å². The Morgan fingerprint density at radius 3 is 2.59 bits per heavy atom. The number of rotatable bonds is 12. The Morgan fingerprint density at radius 1 is 1.14 bits per heavy atom. The quantitative estimate of drug-likeness (QED) is 0.243. The molecule has 3 rings (SSSR count). The first-order chi connectivity index (χ1) is 17.5. The molecule has 0 amide bonds. The van der Waals surface area contributed by atoms with Crippen molar-refractivity contribution in [3.05, 3.63) is 35.5 Å². The number of allylic oxidation sites excluding steroid dienone is 3. The summed E-state index contributed by atoms with van der Waals surface area (Å²) >= 11 is 0. The lowest BCUT2D eigenvalue weighted by atomic mass is 9.60. The van der Waals surface area contributed by atoms with Gasteiger partial charge in [-0.2, -0.15) is 0 Å². The van der Waals surface area contributed by atoms with Crippen LogP contribution < -0.4 is 0 Å². The van der Waals surface area contributed by atoms with Gasteiger partial charge in [0.1, 0.15) is 12.2 Å². The molecule has 0 spiro atoms. The van der Waals surface area contributed by atoms with Crippen LogP contribution in [0.4, 0.5) is 0 Å². The van der Waals surface area contributed by atoms with Crippen molar-refractivity contribution < 1.29 is 25.2 Å². The van der Waals surface area contributed by atoms with E-state index in [9.17, 15) is 15.3 Å². The van der Waals surface area contributed by atoms with E-state index in [4.69, 9.17) is 9.84 Å². The molecule has 3 aliphatic carbocycles. The maximum atomic E-state index is 10.8. The maximum Gasteiger partial charge on any atom is 0.114 e. The molecule has 37 heavy (non-hydrogen) atoms. The highest BCUT2D eigenvalue weighted by Gasteiger charge is 2.50. The molecule has 3 saturated carbocycles. The third kappa shape index (κ3) is 7.79. The average Bonchev–Trinajstić information content (AvgIpc) is 3.19. The predicted molar refractivity (Wildman–Crippen MR) is 150 cm³/mol. The van der Waals surface area contributed by atoms with Gasteiger partial charge in [0.25, 0.3) is 0 Å². The third-order valence-electron chi connectivity index (χ3n) is 9.67. The van der Waals surface area contributed by atoms with Gasteiger partial charge in [0.15, 0.2) is 0 Å². The van der Waals surface area contributed by atoms with Gasteiger partial charge in [0, 0.05) is 19.6 Å². The molecule has 0 aromatic rings. The molecule has 0 aliphatic heterocycles. The van der Waals surface area contributed by atoms with Crippen LogP contribution in [0.1, 0.15) is 105 Å². The van der Waals surface area contributed by atoms with Crippen molar-refractivity contribution in [2.24, 2.45) is 23.2 Å². The number of hydrogen-bond acceptors (Lipinski definition) is 5. The van der Waals surface area contributed by atoms with Gasteiger partial charge >= 0.3 is 0 Å². The second-order valence-electron chi connectivity index (χ2n) is 13.1. The summed E-state index contributed by atoms with van der Waals surface area (Å²) in [5, 5.41) is 40.6. The summed E-state index contributed by atoms with van der Waals surface area (Å²) < 4.78 is 5.82. The lowest BCUT2D eigenvalue weighted by Crippen LogP contribution is -2.45. The minimum atomic E-state index is -0.900. The van der Waals surface area contributed by atoms with E-state index in [0.717, 1.165) is 50.0 Å². The normalized spacial score (nSPS) is 35.8. The number of aliphatic hydroxyl groups is 4. The van der Waals surface area contributed by atoms with E-state index in [1.165, 1.54) is 37.7 Å². The Balaban J connectivity index is 1.63. The van der Waals surface area contributed by atoms with Gasteiger partial charge in [-0.05, 0) is 106 Å². The molecule has 0 radical (unpaired) electrons. The van der Waals surface area contributed by atoms with Crippen molar-refractivity contribution in [3.63, 3.8) is 0 Å². The van der Waals surface area contributed by atoms with Crippen LogP contribution in [0.15, 0.2) is 35.5 Å². The van der Waals surface area contributed by atoms with Crippen LogP contribution in [0.3, 0.4) is 0 Å². The average molecular weight is 519 g/mol. The molecule has 0 bridgehead atoms. The van der Waals surface area contributed by atoms with E-state index in [1.54, 1.807) is 0 Å². The van der Waals surface area contributed by atoms with E-state index in [0.29, 0.717) is 35.9 Å². The fourth-order valence-corrected chi connectivity index (χ4v) is 7.54. The number of fused-ring (bicyclic) bond motifs is 1. The molecule has 4 N–H and O–H groups in total. The van der Waals surface area contributed by atoms with E-state index < -0.39 is 23.9 Å². The number of aliphatic hydroxyl groups excluding tert-OH is 3. The molecule has 0 unspecified atom stereocenters. The van der Waals surface area contributed by atoms with Gasteiger partial charge in [-0.15, -0.1) is 0 Å². The molecule has 0 saturated heterocycles. The van der Waals surface area contributed by atoms with E-state index >= 15 is 0 Å². The SMILES string of the molecule is C=C1C(=CC=C2CCC[C@]3(C)[C@@H]([C@H](C)CCCC(C)(C)O)CC[C@@H]23)C[C@@H](O)[C@@H](OCCCCCO)[C@@H]1O. The summed E-state index contributed by atoms with van der Waals surface area (Å²) in [6.07, 6.45) is 14.2. The highest BCUT2D eigenvalue weighted by atomic mass is 16.5. The minimum absolute atomic E-state index is 0.179. The highest BCUT2D eigenvalue weighted by Crippen LogP contribution is 2.60. The van der Waals surface area contributed by atoms with Crippen LogP contribution in [-0.4, -0.2) is 57.6 Å². The summed E-state index contributed by atoms with van der Waals surface area (Å²) in [5.41, 5.74) is 2.85. The molecule has 3 fully saturated rings. The van der Waals surface area contributed by atoms with Gasteiger partial charge in [-0.1, -0.05) is 51.0 Å². The van der Waals surface area contributed by atoms with Gasteiger partial charge in [0.2, 0.25) is 0 Å². The van der Waals surface area contributed by atoms with Crippen molar-refractivity contribution in [1.29, 1.82) is 0 Å². The lowest BCUT2D eigenvalue weighted by Gasteiger charge is -2.44. The largest absolute Gasteiger partial charge is 0.396 e. The van der Waals surface area contributed by atoms with Crippen molar-refractivity contribution >= 4 is 0 Å². The second-order valence-corrected chi connectivity index (χ2v) is 13.1. The minimum Gasteiger partial charge on any atom is -0.396 e. The Labute approximate surface area is 225 Å². The topological polar surface area (TPSA) is 90.2 Å². The van der Waals surface area contributed by atoms with Crippen LogP contribution in [0, 0.1) is 23.2 Å². The van der Waals surface area contributed by atoms with Crippen LogP contribution in [-0.2, 0) is 4.74 Å². The monoisotopic (exact) mass is 518 g/mol. The van der Waals surface area contributed by atoms with Crippen molar-refractivity contribution in [2.75, 3.05) is 13.2 Å². The zero-order valence-electron chi connectivity index (χ0n) is 23.9. The summed E-state index contributed by atoms with van der Waals surface area (Å²) in [4.78, 5) is 0. The van der Waals surface area contributed by atoms with Gasteiger partial charge in [-0.3, -0.25) is 0 Å². The number of hydrogen-bond donors (Lipinski definition) is 4. The number of unbranched alkanes of at least 4 members (excludes halogenated alkanes) is 2. The molecule has 3 aliphatic rings. The Hall–Kier alpha value is -0.980. The van der Waals surface area contributed by atoms with E-state index in [2.05, 4.69) is 32.6 Å². The molecule has 0 aromatic heterocycles. The summed E-state index contributed by atoms with van der Waals surface area (Å²) in [6.45, 7) is 13.5. The number of ether oxygens (including phenoxy) is 1. The molecular weight excluding hydrogens is 464 g/mol. The highest BCUT2D eigenvalue weighted by molar-refractivity contribution is 5.40. The first-order valence-electron chi connectivity index (χ1n) is 14.9. The smallest absolute Gasteiger partial charge is 0.114 e. The summed E-state index contributed by atoms with van der Waals surface area (Å²) in [6, 6.07) is 0. The predicted octanol–water partition coefficient (Wildman–Crippen LogP) is 5.86.